The van der Waals surface area contributed by atoms with E-state index < -0.39 is 126 Å². The maximum atomic E-state index is 13.9. The number of carbonyl (C=O) groups is 10. The minimum Gasteiger partial charge on any atom is -0.481 e. The molecular weight excluding hydrogens is 801 g/mol. The summed E-state index contributed by atoms with van der Waals surface area (Å²) < 4.78 is 0. The number of carboxylic acid groups (broad SMARTS) is 2. The number of likely N-dealkylation sites (tertiary alicyclic amines) is 1. The van der Waals surface area contributed by atoms with E-state index in [2.05, 4.69) is 31.9 Å². The molecule has 8 amide bonds. The summed E-state index contributed by atoms with van der Waals surface area (Å²) in [5.74, 6) is -9.76. The fraction of sp³-hybridized carbons (Fsp3) is 0.714. The summed E-state index contributed by atoms with van der Waals surface area (Å²) in [4.78, 5) is 128. The molecule has 0 spiro atoms. The zero-order valence-corrected chi connectivity index (χ0v) is 34.5. The normalized spacial score (nSPS) is 17.2. The first-order valence-corrected chi connectivity index (χ1v) is 20.5. The number of rotatable bonds is 27. The second kappa shape index (κ2) is 26.1. The fourth-order valence-electron chi connectivity index (χ4n) is 5.92. The van der Waals surface area contributed by atoms with Crippen LogP contribution in [0.1, 0.15) is 72.1 Å². The molecule has 8 atom stereocenters. The summed E-state index contributed by atoms with van der Waals surface area (Å²) in [6.07, 6.45) is -0.220. The summed E-state index contributed by atoms with van der Waals surface area (Å²) in [6, 6.07) is -9.46. The monoisotopic (exact) mass is 860 g/mol. The molecule has 0 aromatic carbocycles. The van der Waals surface area contributed by atoms with Crippen molar-refractivity contribution in [3.63, 3.8) is 0 Å². The standard InChI is InChI=1S/C35H60N10O13S/c1-17(2)27(34(57)42-22(15-24(38)47)32(55)41-20(7-5-12-36)30(53)39-16-26(50)51)43-33(56)23-8-6-13-45(23)35(58)28(18(3)46)44-31(54)21(11-14-59-4)40-29(52)19(37)9-10-25(48)49/h17-23,27-28,46H,5-16,36-37H2,1-4H3,(H2,38,47)(H,39,53)(H,40,52)(H,41,55)(H,42,57)(H,43,56)(H,44,54)(H,48,49)(H,50,51)/t18-,19+,20?,21+,22+,23+,27+,28+/m1/s1. The SMILES string of the molecule is CSCC[C@H](NC(=O)[C@@H](N)CCC(=O)O)C(=O)N[C@H](C(=O)N1CCC[C@H]1C(=O)N[C@H](C(=O)N[C@@H](CC(N)=O)C(=O)NC(CCCN)C(=O)NCC(=O)O)C(C)C)[C@@H](C)O. The van der Waals surface area contributed by atoms with E-state index in [0.717, 1.165) is 4.90 Å². The third-order valence-corrected chi connectivity index (χ3v) is 9.81. The number of hydrogen-bond donors (Lipinski definition) is 12. The molecule has 0 radical (unpaired) electrons. The number of aliphatic hydroxyl groups excluding tert-OH is 1. The molecule has 1 fully saturated rings. The van der Waals surface area contributed by atoms with Gasteiger partial charge < -0.3 is 69.3 Å². The Morgan fingerprint density at radius 3 is 1.90 bits per heavy atom. The summed E-state index contributed by atoms with van der Waals surface area (Å²) >= 11 is 1.36. The number of nitrogens with zero attached hydrogens (tertiary/aromatic N) is 1. The van der Waals surface area contributed by atoms with E-state index in [0.29, 0.717) is 12.2 Å². The predicted molar refractivity (Wildman–Crippen MR) is 211 cm³/mol. The van der Waals surface area contributed by atoms with Gasteiger partial charge in [0.05, 0.1) is 18.6 Å². The van der Waals surface area contributed by atoms with Crippen molar-refractivity contribution in [3.8, 4) is 0 Å². The van der Waals surface area contributed by atoms with Gasteiger partial charge in [-0.3, -0.25) is 47.9 Å². The van der Waals surface area contributed by atoms with Crippen LogP contribution in [0.25, 0.3) is 0 Å². The number of aliphatic hydroxyl groups is 1. The second-order valence-electron chi connectivity index (χ2n) is 14.4. The van der Waals surface area contributed by atoms with Crippen molar-refractivity contribution in [2.24, 2.45) is 23.1 Å². The van der Waals surface area contributed by atoms with Gasteiger partial charge in [0.2, 0.25) is 47.3 Å². The van der Waals surface area contributed by atoms with Crippen LogP contribution < -0.4 is 49.1 Å². The Kier molecular flexibility index (Phi) is 23.0. The van der Waals surface area contributed by atoms with Crippen LogP contribution in [0.5, 0.6) is 0 Å². The average molecular weight is 861 g/mol. The van der Waals surface area contributed by atoms with E-state index in [9.17, 15) is 53.1 Å². The van der Waals surface area contributed by atoms with Crippen LogP contribution >= 0.6 is 11.8 Å². The maximum Gasteiger partial charge on any atom is 0.322 e. The lowest BCUT2D eigenvalue weighted by Crippen LogP contribution is -2.62. The highest BCUT2D eigenvalue weighted by molar-refractivity contribution is 7.98. The first kappa shape index (κ1) is 51.9. The lowest BCUT2D eigenvalue weighted by atomic mass is 10.0. The highest BCUT2D eigenvalue weighted by Gasteiger charge is 2.42. The van der Waals surface area contributed by atoms with Gasteiger partial charge in [-0.25, -0.2) is 0 Å². The van der Waals surface area contributed by atoms with E-state index in [-0.39, 0.29) is 51.6 Å². The number of nitrogens with one attached hydrogen (secondary N) is 6. The molecule has 334 valence electrons. The zero-order chi connectivity index (χ0) is 45.0. The van der Waals surface area contributed by atoms with Crippen LogP contribution in [-0.2, 0) is 47.9 Å². The molecule has 59 heavy (non-hydrogen) atoms. The van der Waals surface area contributed by atoms with Crippen molar-refractivity contribution < 1.29 is 63.3 Å². The highest BCUT2D eigenvalue weighted by atomic mass is 32.2. The molecule has 0 saturated carbocycles. The molecule has 23 nitrogen and oxygen atoms in total. The van der Waals surface area contributed by atoms with Crippen molar-refractivity contribution in [1.29, 1.82) is 0 Å². The molecule has 1 rings (SSSR count). The smallest absolute Gasteiger partial charge is 0.322 e. The minimum atomic E-state index is -1.63. The van der Waals surface area contributed by atoms with Crippen molar-refractivity contribution in [2.45, 2.75) is 121 Å². The number of hydrogen-bond acceptors (Lipinski definition) is 14. The molecule has 24 heteroatoms. The number of carbonyl (C=O) groups excluding carboxylic acids is 8. The lowest BCUT2D eigenvalue weighted by molar-refractivity contribution is -0.145. The van der Waals surface area contributed by atoms with Crippen molar-refractivity contribution in [1.82, 2.24) is 36.8 Å². The van der Waals surface area contributed by atoms with E-state index in [1.54, 1.807) is 20.1 Å². The first-order chi connectivity index (χ1) is 27.6. The highest BCUT2D eigenvalue weighted by Crippen LogP contribution is 2.20. The van der Waals surface area contributed by atoms with Gasteiger partial charge in [0.1, 0.15) is 42.8 Å². The molecular formula is C35H60N10O13S. The molecule has 1 saturated heterocycles. The summed E-state index contributed by atoms with van der Waals surface area (Å²) in [6.45, 7) is 3.81. The van der Waals surface area contributed by atoms with Gasteiger partial charge in [-0.05, 0) is 69.9 Å². The molecule has 1 unspecified atom stereocenters. The molecule has 0 aromatic heterocycles. The van der Waals surface area contributed by atoms with Gasteiger partial charge in [0, 0.05) is 13.0 Å². The average Bonchev–Trinajstić information content (AvgIpc) is 3.66. The summed E-state index contributed by atoms with van der Waals surface area (Å²) in [7, 11) is 0. The van der Waals surface area contributed by atoms with E-state index in [1.807, 2.05) is 0 Å². The second-order valence-corrected chi connectivity index (χ2v) is 15.3. The Balaban J connectivity index is 3.20. The summed E-state index contributed by atoms with van der Waals surface area (Å²) in [5, 5.41) is 42.9. The van der Waals surface area contributed by atoms with E-state index in [4.69, 9.17) is 27.4 Å². The molecule has 0 bridgehead atoms. The molecule has 1 aliphatic rings. The van der Waals surface area contributed by atoms with Gasteiger partial charge in [-0.2, -0.15) is 11.8 Å². The van der Waals surface area contributed by atoms with Crippen molar-refractivity contribution in [2.75, 3.05) is 31.6 Å². The topological polar surface area (TPSA) is 385 Å². The third kappa shape index (κ3) is 18.2. The van der Waals surface area contributed by atoms with Crippen molar-refractivity contribution >= 4 is 71.0 Å². The minimum absolute atomic E-state index is 0.00807. The van der Waals surface area contributed by atoms with E-state index >= 15 is 0 Å². The zero-order valence-electron chi connectivity index (χ0n) is 33.7. The number of carboxylic acids is 2. The van der Waals surface area contributed by atoms with Gasteiger partial charge in [-0.1, -0.05) is 13.8 Å². The predicted octanol–water partition coefficient (Wildman–Crippen LogP) is -4.80. The Hall–Kier alpha value is -5.07. The van der Waals surface area contributed by atoms with Gasteiger partial charge >= 0.3 is 11.9 Å². The molecule has 1 heterocycles. The van der Waals surface area contributed by atoms with Crippen molar-refractivity contribution in [3.05, 3.63) is 0 Å². The quantitative estimate of drug-likeness (QED) is 0.0369. The molecule has 1 aliphatic heterocycles. The maximum absolute atomic E-state index is 13.9. The lowest BCUT2D eigenvalue weighted by Gasteiger charge is -2.32. The first-order valence-electron chi connectivity index (χ1n) is 19.1. The molecule has 0 aromatic rings. The Morgan fingerprint density at radius 2 is 1.36 bits per heavy atom. The van der Waals surface area contributed by atoms with Crippen LogP contribution in [0.4, 0.5) is 0 Å². The molecule has 0 aliphatic carbocycles. The van der Waals surface area contributed by atoms with E-state index in [1.165, 1.54) is 18.7 Å². The Morgan fingerprint density at radius 1 is 0.763 bits per heavy atom. The summed E-state index contributed by atoms with van der Waals surface area (Å²) in [5.41, 5.74) is 16.7. The van der Waals surface area contributed by atoms with Crippen LogP contribution in [0, 0.1) is 5.92 Å². The number of primary amides is 1. The third-order valence-electron chi connectivity index (χ3n) is 9.16. The van der Waals surface area contributed by atoms with Crippen LogP contribution in [0.15, 0.2) is 0 Å². The number of thioether (sulfide) groups is 1. The van der Waals surface area contributed by atoms with Crippen LogP contribution in [0.3, 0.4) is 0 Å². The van der Waals surface area contributed by atoms with Gasteiger partial charge in [0.25, 0.3) is 0 Å². The fourth-order valence-corrected chi connectivity index (χ4v) is 6.39. The Bertz CT molecular complexity index is 1520. The van der Waals surface area contributed by atoms with Crippen LogP contribution in [0.2, 0.25) is 0 Å². The number of aliphatic carboxylic acids is 2. The Labute approximate surface area is 345 Å². The van der Waals surface area contributed by atoms with Gasteiger partial charge in [0.15, 0.2) is 0 Å². The number of amides is 8. The molecule has 15 N–H and O–H groups in total. The van der Waals surface area contributed by atoms with Gasteiger partial charge in [-0.15, -0.1) is 0 Å². The van der Waals surface area contributed by atoms with Crippen LogP contribution in [-0.4, -0.2) is 159 Å². The largest absolute Gasteiger partial charge is 0.481 e. The number of nitrogens with two attached hydrogens (primary N) is 3.